The van der Waals surface area contributed by atoms with E-state index >= 15 is 0 Å². The van der Waals surface area contributed by atoms with Crippen molar-refractivity contribution in [3.63, 3.8) is 0 Å². The van der Waals surface area contributed by atoms with E-state index in [0.717, 1.165) is 18.3 Å². The molecule has 0 radical (unpaired) electrons. The van der Waals surface area contributed by atoms with Gasteiger partial charge in [-0.25, -0.2) is 0 Å². The van der Waals surface area contributed by atoms with E-state index in [4.69, 9.17) is 5.26 Å². The number of hydrogen-bond donors (Lipinski definition) is 0. The van der Waals surface area contributed by atoms with Gasteiger partial charge in [0.05, 0.1) is 12.7 Å². The zero-order chi connectivity index (χ0) is 13.8. The van der Waals surface area contributed by atoms with Gasteiger partial charge in [0, 0.05) is 6.20 Å². The third-order valence-electron chi connectivity index (χ3n) is 2.06. The molecule has 4 nitrogen and oxygen atoms in total. The molecule has 1 heterocycles. The largest absolute Gasteiger partial charge is 0.465 e. The summed E-state index contributed by atoms with van der Waals surface area (Å²) in [5, 5.41) is 8.80. The molecule has 18 heavy (non-hydrogen) atoms. The van der Waals surface area contributed by atoms with Crippen LogP contribution in [0.4, 0.5) is 13.2 Å². The Morgan fingerprint density at radius 2 is 2.22 bits per heavy atom. The summed E-state index contributed by atoms with van der Waals surface area (Å²) in [5.41, 5.74) is -1.00. The number of halogens is 3. The van der Waals surface area contributed by atoms with Gasteiger partial charge in [-0.05, 0) is 18.6 Å². The van der Waals surface area contributed by atoms with Gasteiger partial charge in [0.15, 0.2) is 5.92 Å². The fraction of sp³-hybridized carbons (Fsp3) is 0.364. The van der Waals surface area contributed by atoms with Gasteiger partial charge in [0.1, 0.15) is 5.69 Å². The fourth-order valence-electron chi connectivity index (χ4n) is 1.23. The average molecular weight is 258 g/mol. The highest BCUT2D eigenvalue weighted by Gasteiger charge is 2.32. The Bertz CT molecular complexity index is 463. The lowest BCUT2D eigenvalue weighted by Crippen LogP contribution is -2.15. The summed E-state index contributed by atoms with van der Waals surface area (Å²) < 4.78 is 41.4. The average Bonchev–Trinajstić information content (AvgIpc) is 2.30. The van der Waals surface area contributed by atoms with Crippen LogP contribution in [0, 0.1) is 11.3 Å². The summed E-state index contributed by atoms with van der Waals surface area (Å²) in [4.78, 5) is 14.5. The Balaban J connectivity index is 2.97. The molecule has 0 aliphatic carbocycles. The van der Waals surface area contributed by atoms with Crippen molar-refractivity contribution < 1.29 is 22.7 Å². The number of aromatic nitrogens is 1. The lowest BCUT2D eigenvalue weighted by molar-refractivity contribution is -0.143. The van der Waals surface area contributed by atoms with Crippen molar-refractivity contribution in [3.05, 3.63) is 29.6 Å². The van der Waals surface area contributed by atoms with Crippen molar-refractivity contribution in [3.8, 4) is 6.07 Å². The summed E-state index contributed by atoms with van der Waals surface area (Å²) in [7, 11) is 0. The third kappa shape index (κ3) is 3.20. The second-order valence-corrected chi connectivity index (χ2v) is 3.29. The maximum absolute atomic E-state index is 12.3. The molecule has 1 aromatic heterocycles. The number of rotatable bonds is 3. The summed E-state index contributed by atoms with van der Waals surface area (Å²) >= 11 is 0. The van der Waals surface area contributed by atoms with Gasteiger partial charge in [0.2, 0.25) is 0 Å². The first-order valence-electron chi connectivity index (χ1n) is 4.99. The Morgan fingerprint density at radius 3 is 2.61 bits per heavy atom. The second-order valence-electron chi connectivity index (χ2n) is 3.29. The van der Waals surface area contributed by atoms with E-state index in [1.54, 1.807) is 13.0 Å². The van der Waals surface area contributed by atoms with Crippen LogP contribution < -0.4 is 0 Å². The topological polar surface area (TPSA) is 63.0 Å². The Hall–Kier alpha value is -2.10. The first-order chi connectivity index (χ1) is 8.40. The fourth-order valence-corrected chi connectivity index (χ4v) is 1.23. The lowest BCUT2D eigenvalue weighted by atomic mass is 10.0. The van der Waals surface area contributed by atoms with Crippen LogP contribution in [0.1, 0.15) is 24.1 Å². The molecule has 0 saturated heterocycles. The number of nitriles is 1. The molecule has 1 atom stereocenters. The monoisotopic (exact) mass is 258 g/mol. The molecule has 0 aliphatic heterocycles. The van der Waals surface area contributed by atoms with E-state index in [1.807, 2.05) is 0 Å². The van der Waals surface area contributed by atoms with E-state index in [-0.39, 0.29) is 12.2 Å². The molecular weight excluding hydrogens is 249 g/mol. The van der Waals surface area contributed by atoms with Crippen molar-refractivity contribution >= 4 is 5.97 Å². The Labute approximate surface area is 101 Å². The van der Waals surface area contributed by atoms with Crippen molar-refractivity contribution in [2.45, 2.75) is 19.0 Å². The van der Waals surface area contributed by atoms with E-state index in [9.17, 15) is 18.0 Å². The normalized spacial score (nSPS) is 12.6. The first-order valence-corrected chi connectivity index (χ1v) is 4.99. The standard InChI is InChI=1S/C11H9F3N2O2/c1-2-18-10(17)8(5-15)7-3-4-9(16-6-7)11(12,13)14/h3-4,6,8H,2H2,1H3. The molecule has 0 aromatic carbocycles. The highest BCUT2D eigenvalue weighted by Crippen LogP contribution is 2.28. The van der Waals surface area contributed by atoms with Gasteiger partial charge in [-0.15, -0.1) is 0 Å². The van der Waals surface area contributed by atoms with Crippen LogP contribution in [0.5, 0.6) is 0 Å². The molecule has 1 rings (SSSR count). The number of carbonyl (C=O) groups excluding carboxylic acids is 1. The van der Waals surface area contributed by atoms with Crippen LogP contribution in [0.2, 0.25) is 0 Å². The number of alkyl halides is 3. The van der Waals surface area contributed by atoms with Crippen molar-refractivity contribution in [1.29, 1.82) is 5.26 Å². The van der Waals surface area contributed by atoms with E-state index in [0.29, 0.717) is 0 Å². The second kappa shape index (κ2) is 5.49. The molecule has 0 spiro atoms. The molecule has 0 N–H and O–H groups in total. The molecule has 1 unspecified atom stereocenters. The highest BCUT2D eigenvalue weighted by atomic mass is 19.4. The van der Waals surface area contributed by atoms with Gasteiger partial charge < -0.3 is 4.74 Å². The minimum Gasteiger partial charge on any atom is -0.465 e. The Morgan fingerprint density at radius 1 is 1.56 bits per heavy atom. The SMILES string of the molecule is CCOC(=O)C(C#N)c1ccc(C(F)(F)F)nc1. The van der Waals surface area contributed by atoms with Crippen LogP contribution in [-0.4, -0.2) is 17.6 Å². The molecule has 7 heteroatoms. The number of ether oxygens (including phenoxy) is 1. The van der Waals surface area contributed by atoms with Gasteiger partial charge in [-0.3, -0.25) is 9.78 Å². The minimum atomic E-state index is -4.55. The highest BCUT2D eigenvalue weighted by molar-refractivity contribution is 5.81. The molecule has 0 saturated carbocycles. The first kappa shape index (κ1) is 14.0. The van der Waals surface area contributed by atoms with Gasteiger partial charge in [0.25, 0.3) is 0 Å². The maximum atomic E-state index is 12.3. The van der Waals surface area contributed by atoms with Crippen molar-refractivity contribution in [2.24, 2.45) is 0 Å². The number of hydrogen-bond acceptors (Lipinski definition) is 4. The van der Waals surface area contributed by atoms with Gasteiger partial charge in [-0.1, -0.05) is 6.07 Å². The number of esters is 1. The quantitative estimate of drug-likeness (QED) is 0.780. The summed E-state index contributed by atoms with van der Waals surface area (Å²) in [6.07, 6.45) is -3.70. The molecule has 0 aliphatic rings. The number of pyridine rings is 1. The number of nitrogens with zero attached hydrogens (tertiary/aromatic N) is 2. The van der Waals surface area contributed by atoms with Gasteiger partial charge in [-0.2, -0.15) is 18.4 Å². The zero-order valence-corrected chi connectivity index (χ0v) is 9.36. The summed E-state index contributed by atoms with van der Waals surface area (Å²) in [6, 6.07) is 3.43. The summed E-state index contributed by atoms with van der Waals surface area (Å²) in [6.45, 7) is 1.66. The van der Waals surface area contributed by atoms with Crippen LogP contribution in [0.15, 0.2) is 18.3 Å². The van der Waals surface area contributed by atoms with E-state index < -0.39 is 23.8 Å². The smallest absolute Gasteiger partial charge is 0.433 e. The minimum absolute atomic E-state index is 0.0731. The van der Waals surface area contributed by atoms with E-state index in [2.05, 4.69) is 9.72 Å². The molecular formula is C11H9F3N2O2. The molecule has 1 aromatic rings. The number of carbonyl (C=O) groups is 1. The van der Waals surface area contributed by atoms with Crippen LogP contribution in [-0.2, 0) is 15.7 Å². The molecule has 0 bridgehead atoms. The van der Waals surface area contributed by atoms with Crippen LogP contribution >= 0.6 is 0 Å². The van der Waals surface area contributed by atoms with Crippen molar-refractivity contribution in [1.82, 2.24) is 4.98 Å². The van der Waals surface area contributed by atoms with Crippen molar-refractivity contribution in [2.75, 3.05) is 6.61 Å². The predicted molar refractivity (Wildman–Crippen MR) is 54.2 cm³/mol. The Kier molecular flexibility index (Phi) is 4.26. The summed E-state index contributed by atoms with van der Waals surface area (Å²) in [5.74, 6) is -2.07. The van der Waals surface area contributed by atoms with E-state index in [1.165, 1.54) is 0 Å². The zero-order valence-electron chi connectivity index (χ0n) is 9.36. The van der Waals surface area contributed by atoms with Crippen LogP contribution in [0.3, 0.4) is 0 Å². The third-order valence-corrected chi connectivity index (χ3v) is 2.06. The molecule has 0 amide bonds. The maximum Gasteiger partial charge on any atom is 0.433 e. The molecule has 96 valence electrons. The van der Waals surface area contributed by atoms with Crippen LogP contribution in [0.25, 0.3) is 0 Å². The molecule has 0 fully saturated rings. The van der Waals surface area contributed by atoms with Gasteiger partial charge >= 0.3 is 12.1 Å². The lowest BCUT2D eigenvalue weighted by Gasteiger charge is -2.10. The predicted octanol–water partition coefficient (Wildman–Crippen LogP) is 2.27.